The maximum absolute atomic E-state index is 12.8. The number of rotatable bonds is 4. The first-order chi connectivity index (χ1) is 10.1. The molecule has 0 unspecified atom stereocenters. The van der Waals surface area contributed by atoms with Crippen molar-refractivity contribution < 1.29 is 4.79 Å². The summed E-state index contributed by atoms with van der Waals surface area (Å²) in [6, 6.07) is 16.6. The molecule has 0 aromatic heterocycles. The maximum Gasteiger partial charge on any atom is 0.258 e. The van der Waals surface area contributed by atoms with Crippen molar-refractivity contribution in [3.05, 3.63) is 64.7 Å². The lowest BCUT2D eigenvalue weighted by Crippen LogP contribution is -2.32. The molecule has 0 aliphatic carbocycles. The molecule has 2 aromatic carbocycles. The van der Waals surface area contributed by atoms with Gasteiger partial charge in [0, 0.05) is 22.8 Å². The van der Waals surface area contributed by atoms with Gasteiger partial charge < -0.3 is 4.90 Å². The minimum absolute atomic E-state index is 0.120. The van der Waals surface area contributed by atoms with Gasteiger partial charge in [0.2, 0.25) is 0 Å². The zero-order valence-electron chi connectivity index (χ0n) is 11.7. The molecule has 21 heavy (non-hydrogen) atoms. The van der Waals surface area contributed by atoms with Crippen molar-refractivity contribution in [1.82, 2.24) is 0 Å². The summed E-state index contributed by atoms with van der Waals surface area (Å²) in [4.78, 5) is 14.4. The lowest BCUT2D eigenvalue weighted by atomic mass is 10.1. The molecule has 0 spiro atoms. The molecular weight excluding hydrogens is 284 g/mol. The topological polar surface area (TPSA) is 44.1 Å². The van der Waals surface area contributed by atoms with Crippen molar-refractivity contribution in [3.8, 4) is 6.07 Å². The second kappa shape index (κ2) is 6.92. The van der Waals surface area contributed by atoms with Gasteiger partial charge in [-0.2, -0.15) is 5.26 Å². The van der Waals surface area contributed by atoms with Crippen LogP contribution in [0.5, 0.6) is 0 Å². The number of carbonyl (C=O) groups excluding carboxylic acids is 1. The smallest absolute Gasteiger partial charge is 0.258 e. The van der Waals surface area contributed by atoms with Gasteiger partial charge in [-0.15, -0.1) is 0 Å². The first kappa shape index (κ1) is 15.1. The van der Waals surface area contributed by atoms with Crippen molar-refractivity contribution in [2.45, 2.75) is 13.3 Å². The summed E-state index contributed by atoms with van der Waals surface area (Å²) in [5.41, 5.74) is 2.24. The Hall–Kier alpha value is -2.31. The van der Waals surface area contributed by atoms with Crippen molar-refractivity contribution in [3.63, 3.8) is 0 Å². The van der Waals surface area contributed by atoms with Crippen LogP contribution >= 0.6 is 11.6 Å². The standard InChI is InChI=1S/C17H15ClN2O/c1-13-6-2-3-9-16(13)17(21)20(11-5-10-19)15-8-4-7-14(18)12-15/h2-4,6-9,12H,5,11H2,1H3. The van der Waals surface area contributed by atoms with Crippen LogP contribution in [-0.2, 0) is 0 Å². The number of benzene rings is 2. The fourth-order valence-corrected chi connectivity index (χ4v) is 2.30. The Morgan fingerprint density at radius 2 is 2.00 bits per heavy atom. The first-order valence-corrected chi connectivity index (χ1v) is 7.01. The molecule has 2 aromatic rings. The van der Waals surface area contributed by atoms with Crippen LogP contribution in [0, 0.1) is 18.3 Å². The number of nitriles is 1. The molecule has 0 saturated carbocycles. The SMILES string of the molecule is Cc1ccccc1C(=O)N(CCC#N)c1cccc(Cl)c1. The van der Waals surface area contributed by atoms with Crippen LogP contribution in [0.15, 0.2) is 48.5 Å². The largest absolute Gasteiger partial charge is 0.307 e. The monoisotopic (exact) mass is 298 g/mol. The van der Waals surface area contributed by atoms with E-state index < -0.39 is 0 Å². The highest BCUT2D eigenvalue weighted by Crippen LogP contribution is 2.22. The van der Waals surface area contributed by atoms with Gasteiger partial charge >= 0.3 is 0 Å². The van der Waals surface area contributed by atoms with E-state index in [1.165, 1.54) is 0 Å². The van der Waals surface area contributed by atoms with E-state index in [9.17, 15) is 4.79 Å². The predicted molar refractivity (Wildman–Crippen MR) is 84.5 cm³/mol. The third-order valence-corrected chi connectivity index (χ3v) is 3.42. The van der Waals surface area contributed by atoms with Gasteiger partial charge in [-0.3, -0.25) is 4.79 Å². The minimum Gasteiger partial charge on any atom is -0.307 e. The van der Waals surface area contributed by atoms with Crippen LogP contribution in [0.3, 0.4) is 0 Å². The average Bonchev–Trinajstić information content (AvgIpc) is 2.48. The molecule has 0 fully saturated rings. The van der Waals surface area contributed by atoms with E-state index in [1.807, 2.05) is 31.2 Å². The predicted octanol–water partition coefficient (Wildman–Crippen LogP) is 4.21. The quantitative estimate of drug-likeness (QED) is 0.848. The highest BCUT2D eigenvalue weighted by molar-refractivity contribution is 6.31. The lowest BCUT2D eigenvalue weighted by Gasteiger charge is -2.23. The van der Waals surface area contributed by atoms with Crippen LogP contribution in [-0.4, -0.2) is 12.5 Å². The zero-order chi connectivity index (χ0) is 15.2. The second-order valence-corrected chi connectivity index (χ2v) is 5.10. The molecule has 106 valence electrons. The van der Waals surface area contributed by atoms with Gasteiger partial charge in [-0.25, -0.2) is 0 Å². The molecule has 3 nitrogen and oxygen atoms in total. The highest BCUT2D eigenvalue weighted by Gasteiger charge is 2.19. The number of anilines is 1. The first-order valence-electron chi connectivity index (χ1n) is 6.63. The Labute approximate surface area is 129 Å². The molecule has 0 aliphatic rings. The molecule has 0 heterocycles. The number of halogens is 1. The minimum atomic E-state index is -0.120. The second-order valence-electron chi connectivity index (χ2n) is 4.66. The van der Waals surface area contributed by atoms with Crippen LogP contribution in [0.1, 0.15) is 22.3 Å². The van der Waals surface area contributed by atoms with Crippen molar-refractivity contribution in [2.24, 2.45) is 0 Å². The van der Waals surface area contributed by atoms with E-state index in [0.29, 0.717) is 22.8 Å². The number of nitrogens with zero attached hydrogens (tertiary/aromatic N) is 2. The van der Waals surface area contributed by atoms with Crippen molar-refractivity contribution in [1.29, 1.82) is 5.26 Å². The van der Waals surface area contributed by atoms with Crippen molar-refractivity contribution in [2.75, 3.05) is 11.4 Å². The van der Waals surface area contributed by atoms with E-state index in [0.717, 1.165) is 5.56 Å². The van der Waals surface area contributed by atoms with E-state index >= 15 is 0 Å². The number of aryl methyl sites for hydroxylation is 1. The molecule has 0 saturated heterocycles. The number of hydrogen-bond acceptors (Lipinski definition) is 2. The number of carbonyl (C=O) groups is 1. The normalized spacial score (nSPS) is 9.95. The van der Waals surface area contributed by atoms with Crippen molar-refractivity contribution >= 4 is 23.2 Å². The number of amides is 1. The fourth-order valence-electron chi connectivity index (χ4n) is 2.11. The van der Waals surface area contributed by atoms with Gasteiger partial charge in [0.15, 0.2) is 0 Å². The third-order valence-electron chi connectivity index (χ3n) is 3.19. The van der Waals surface area contributed by atoms with Gasteiger partial charge in [-0.05, 0) is 36.8 Å². The Kier molecular flexibility index (Phi) is 4.97. The molecule has 2 rings (SSSR count). The average molecular weight is 299 g/mol. The molecule has 0 N–H and O–H groups in total. The summed E-state index contributed by atoms with van der Waals surface area (Å²) < 4.78 is 0. The Morgan fingerprint density at radius 1 is 1.24 bits per heavy atom. The van der Waals surface area contributed by atoms with Crippen LogP contribution in [0.4, 0.5) is 5.69 Å². The van der Waals surface area contributed by atoms with E-state index in [1.54, 1.807) is 29.2 Å². The summed E-state index contributed by atoms with van der Waals surface area (Å²) in [6.07, 6.45) is 0.268. The van der Waals surface area contributed by atoms with Crippen LogP contribution < -0.4 is 4.90 Å². The molecule has 0 bridgehead atoms. The van der Waals surface area contributed by atoms with Gasteiger partial charge in [0.05, 0.1) is 12.5 Å². The third kappa shape index (κ3) is 3.62. The molecule has 0 atom stereocenters. The van der Waals surface area contributed by atoms with E-state index in [4.69, 9.17) is 16.9 Å². The maximum atomic E-state index is 12.8. The molecule has 4 heteroatoms. The lowest BCUT2D eigenvalue weighted by molar-refractivity contribution is 0.0987. The Morgan fingerprint density at radius 3 is 2.67 bits per heavy atom. The summed E-state index contributed by atoms with van der Waals surface area (Å²) >= 11 is 6.00. The van der Waals surface area contributed by atoms with Gasteiger partial charge in [0.25, 0.3) is 5.91 Å². The van der Waals surface area contributed by atoms with Gasteiger partial charge in [0.1, 0.15) is 0 Å². The molecule has 1 amide bonds. The van der Waals surface area contributed by atoms with Crippen LogP contribution in [0.2, 0.25) is 5.02 Å². The summed E-state index contributed by atoms with van der Waals surface area (Å²) in [6.45, 7) is 2.23. The molecule has 0 radical (unpaired) electrons. The fraction of sp³-hybridized carbons (Fsp3) is 0.176. The molecular formula is C17H15ClN2O. The summed E-state index contributed by atoms with van der Waals surface area (Å²) in [5.74, 6) is -0.120. The molecule has 0 aliphatic heterocycles. The number of hydrogen-bond donors (Lipinski definition) is 0. The van der Waals surface area contributed by atoms with Gasteiger partial charge in [-0.1, -0.05) is 35.9 Å². The Bertz CT molecular complexity index is 691. The summed E-state index contributed by atoms with van der Waals surface area (Å²) in [7, 11) is 0. The highest BCUT2D eigenvalue weighted by atomic mass is 35.5. The zero-order valence-corrected chi connectivity index (χ0v) is 12.5. The van der Waals surface area contributed by atoms with E-state index in [-0.39, 0.29) is 12.3 Å². The van der Waals surface area contributed by atoms with E-state index in [2.05, 4.69) is 6.07 Å². The Balaban J connectivity index is 2.39. The van der Waals surface area contributed by atoms with Crippen LogP contribution in [0.25, 0.3) is 0 Å². The summed E-state index contributed by atoms with van der Waals surface area (Å²) in [5, 5.41) is 9.37.